The van der Waals surface area contributed by atoms with Crippen molar-refractivity contribution >= 4 is 45.5 Å². The standard InChI is InChI=1S/C59H45N5/c1-5-19-41(20-6-1)43-23-17-25-45(35-43)56-40-57(46-26-18-24-44(36-46)42-21-7-2-8-22-42)62(56)51-38-47(58-60-52-31-13-15-33-54(52)63(58)49-27-9-3-10-28-49)37-48(39-51)59-61-53-32-14-16-34-55(53)64(59)50-29-11-4-12-30-50/h1-40,56,58-61H. The van der Waals surface area contributed by atoms with E-state index in [1.807, 2.05) is 0 Å². The van der Waals surface area contributed by atoms with Crippen molar-refractivity contribution in [3.63, 3.8) is 0 Å². The first-order valence-electron chi connectivity index (χ1n) is 22.1. The molecule has 2 N–H and O–H groups in total. The van der Waals surface area contributed by atoms with Crippen molar-refractivity contribution in [2.24, 2.45) is 0 Å². The maximum absolute atomic E-state index is 3.98. The van der Waals surface area contributed by atoms with Crippen LogP contribution in [0.25, 0.3) is 28.0 Å². The lowest BCUT2D eigenvalue weighted by molar-refractivity contribution is 0.777. The highest BCUT2D eigenvalue weighted by molar-refractivity contribution is 5.91. The van der Waals surface area contributed by atoms with Gasteiger partial charge in [0, 0.05) is 22.8 Å². The molecule has 9 aromatic rings. The molecular formula is C59H45N5. The van der Waals surface area contributed by atoms with Gasteiger partial charge >= 0.3 is 0 Å². The molecule has 3 aliphatic heterocycles. The van der Waals surface area contributed by atoms with E-state index in [0.29, 0.717) is 0 Å². The number of para-hydroxylation sites is 6. The fourth-order valence-electron chi connectivity index (χ4n) is 9.82. The van der Waals surface area contributed by atoms with Crippen molar-refractivity contribution in [3.8, 4) is 22.3 Å². The Morgan fingerprint density at radius 2 is 0.734 bits per heavy atom. The van der Waals surface area contributed by atoms with E-state index < -0.39 is 0 Å². The molecule has 0 radical (unpaired) electrons. The Morgan fingerprint density at radius 1 is 0.297 bits per heavy atom. The van der Waals surface area contributed by atoms with Crippen LogP contribution in [0, 0.1) is 0 Å². The van der Waals surface area contributed by atoms with Gasteiger partial charge in [-0.3, -0.25) is 0 Å². The van der Waals surface area contributed by atoms with Crippen LogP contribution in [0.2, 0.25) is 0 Å². The molecule has 0 aromatic heterocycles. The second kappa shape index (κ2) is 15.9. The molecule has 0 saturated heterocycles. The zero-order valence-corrected chi connectivity index (χ0v) is 35.2. The second-order valence-electron chi connectivity index (χ2n) is 16.7. The Bertz CT molecular complexity index is 3030. The fraction of sp³-hybridized carbons (Fsp3) is 0.0508. The Balaban J connectivity index is 1.06. The van der Waals surface area contributed by atoms with Crippen molar-refractivity contribution in [2.45, 2.75) is 18.4 Å². The minimum absolute atomic E-state index is 0.0138. The molecular weight excluding hydrogens is 779 g/mol. The summed E-state index contributed by atoms with van der Waals surface area (Å²) < 4.78 is 0. The van der Waals surface area contributed by atoms with Crippen molar-refractivity contribution in [3.05, 3.63) is 265 Å². The maximum Gasteiger partial charge on any atom is 0.130 e. The molecule has 0 saturated carbocycles. The first-order chi connectivity index (χ1) is 31.7. The number of fused-ring (bicyclic) bond motifs is 2. The number of anilines is 7. The van der Waals surface area contributed by atoms with Crippen LogP contribution < -0.4 is 25.3 Å². The van der Waals surface area contributed by atoms with Crippen LogP contribution in [0.1, 0.15) is 40.6 Å². The summed E-state index contributed by atoms with van der Waals surface area (Å²) in [5.41, 5.74) is 18.7. The zero-order chi connectivity index (χ0) is 42.4. The molecule has 5 heteroatoms. The van der Waals surface area contributed by atoms with Crippen molar-refractivity contribution in [2.75, 3.05) is 25.3 Å². The van der Waals surface area contributed by atoms with Crippen molar-refractivity contribution < 1.29 is 0 Å². The first-order valence-corrected chi connectivity index (χ1v) is 22.1. The molecule has 9 aromatic carbocycles. The van der Waals surface area contributed by atoms with Gasteiger partial charge in [0.25, 0.3) is 0 Å². The number of benzene rings is 9. The van der Waals surface area contributed by atoms with Gasteiger partial charge in [-0.1, -0.05) is 158 Å². The summed E-state index contributed by atoms with van der Waals surface area (Å²) in [6.45, 7) is 0. The minimum atomic E-state index is -0.178. The fourth-order valence-corrected chi connectivity index (χ4v) is 9.82. The molecule has 5 nitrogen and oxygen atoms in total. The highest BCUT2D eigenvalue weighted by Crippen LogP contribution is 2.52. The number of hydrogen-bond acceptors (Lipinski definition) is 5. The Morgan fingerprint density at radius 3 is 1.28 bits per heavy atom. The minimum Gasteiger partial charge on any atom is -0.359 e. The average molecular weight is 824 g/mol. The smallest absolute Gasteiger partial charge is 0.130 e. The Labute approximate surface area is 374 Å². The van der Waals surface area contributed by atoms with Gasteiger partial charge in [-0.15, -0.1) is 0 Å². The van der Waals surface area contributed by atoms with Crippen molar-refractivity contribution in [1.29, 1.82) is 0 Å². The van der Waals surface area contributed by atoms with Crippen LogP contribution >= 0.6 is 0 Å². The van der Waals surface area contributed by atoms with Gasteiger partial charge < -0.3 is 25.3 Å². The van der Waals surface area contributed by atoms with Gasteiger partial charge in [-0.05, 0) is 129 Å². The predicted molar refractivity (Wildman–Crippen MR) is 266 cm³/mol. The van der Waals surface area contributed by atoms with Crippen LogP contribution in [0.5, 0.6) is 0 Å². The third-order valence-electron chi connectivity index (χ3n) is 12.8. The quantitative estimate of drug-likeness (QED) is 0.152. The topological polar surface area (TPSA) is 33.8 Å². The lowest BCUT2D eigenvalue weighted by Gasteiger charge is -2.43. The van der Waals surface area contributed by atoms with E-state index in [2.05, 4.69) is 268 Å². The highest BCUT2D eigenvalue weighted by Gasteiger charge is 2.38. The third kappa shape index (κ3) is 6.66. The van der Waals surface area contributed by atoms with Crippen LogP contribution in [-0.2, 0) is 0 Å². The molecule has 64 heavy (non-hydrogen) atoms. The number of nitrogens with zero attached hydrogens (tertiary/aromatic N) is 3. The number of nitrogens with one attached hydrogen (secondary N) is 2. The summed E-state index contributed by atoms with van der Waals surface area (Å²) >= 11 is 0. The van der Waals surface area contributed by atoms with E-state index in [-0.39, 0.29) is 18.4 Å². The molecule has 3 heterocycles. The van der Waals surface area contributed by atoms with Gasteiger partial charge in [0.1, 0.15) is 12.3 Å². The van der Waals surface area contributed by atoms with Gasteiger partial charge in [0.2, 0.25) is 0 Å². The van der Waals surface area contributed by atoms with E-state index in [1.54, 1.807) is 0 Å². The molecule has 306 valence electrons. The summed E-state index contributed by atoms with van der Waals surface area (Å²) in [5, 5.41) is 7.95. The molecule has 0 bridgehead atoms. The van der Waals surface area contributed by atoms with E-state index in [9.17, 15) is 0 Å². The zero-order valence-electron chi connectivity index (χ0n) is 35.2. The SMILES string of the molecule is C1=C(c2cccc(-c3ccccc3)c2)N(c2cc(C3Nc4ccccc4N3c3ccccc3)cc(C3Nc4ccccc4N3c3ccccc3)c2)C1c1cccc(-c2ccccc2)c1. The molecule has 3 unspecified atom stereocenters. The lowest BCUT2D eigenvalue weighted by Crippen LogP contribution is -2.35. The largest absolute Gasteiger partial charge is 0.359 e. The molecule has 3 aliphatic rings. The van der Waals surface area contributed by atoms with Crippen LogP contribution in [-0.4, -0.2) is 0 Å². The monoisotopic (exact) mass is 823 g/mol. The average Bonchev–Trinajstić information content (AvgIpc) is 3.95. The molecule has 0 spiro atoms. The van der Waals surface area contributed by atoms with E-state index in [4.69, 9.17) is 0 Å². The Kier molecular flexibility index (Phi) is 9.30. The van der Waals surface area contributed by atoms with Gasteiger partial charge in [-0.25, -0.2) is 0 Å². The number of hydrogen-bond donors (Lipinski definition) is 2. The normalized spacial score (nSPS) is 17.2. The lowest BCUT2D eigenvalue weighted by atomic mass is 9.88. The van der Waals surface area contributed by atoms with Crippen molar-refractivity contribution in [1.82, 2.24) is 0 Å². The second-order valence-corrected chi connectivity index (χ2v) is 16.7. The van der Waals surface area contributed by atoms with Crippen LogP contribution in [0.3, 0.4) is 0 Å². The third-order valence-corrected chi connectivity index (χ3v) is 12.8. The predicted octanol–water partition coefficient (Wildman–Crippen LogP) is 15.1. The molecule has 0 fully saturated rings. The summed E-state index contributed by atoms with van der Waals surface area (Å²) in [7, 11) is 0. The van der Waals surface area contributed by atoms with Crippen LogP contribution in [0.15, 0.2) is 243 Å². The molecule has 0 amide bonds. The van der Waals surface area contributed by atoms with E-state index >= 15 is 0 Å². The molecule has 12 rings (SSSR count). The summed E-state index contributed by atoms with van der Waals surface area (Å²) in [6, 6.07) is 85.5. The van der Waals surface area contributed by atoms with Gasteiger partial charge in [0.05, 0.1) is 28.8 Å². The van der Waals surface area contributed by atoms with E-state index in [1.165, 1.54) is 50.2 Å². The summed E-state index contributed by atoms with van der Waals surface area (Å²) in [4.78, 5) is 7.45. The molecule has 3 atom stereocenters. The van der Waals surface area contributed by atoms with Crippen LogP contribution in [0.4, 0.5) is 39.8 Å². The Hall–Kier alpha value is -8.28. The van der Waals surface area contributed by atoms with Gasteiger partial charge in [-0.2, -0.15) is 0 Å². The molecule has 0 aliphatic carbocycles. The number of rotatable bonds is 9. The van der Waals surface area contributed by atoms with Gasteiger partial charge in [0.15, 0.2) is 0 Å². The summed E-state index contributed by atoms with van der Waals surface area (Å²) in [5.74, 6) is 0. The first kappa shape index (κ1) is 37.5. The maximum atomic E-state index is 3.98. The summed E-state index contributed by atoms with van der Waals surface area (Å²) in [6.07, 6.45) is 2.09. The van der Waals surface area contributed by atoms with E-state index in [0.717, 1.165) is 39.8 Å². The highest BCUT2D eigenvalue weighted by atomic mass is 15.3.